The predicted molar refractivity (Wildman–Crippen MR) is 76.9 cm³/mol. The Morgan fingerprint density at radius 3 is 2.74 bits per heavy atom. The van der Waals surface area contributed by atoms with Gasteiger partial charge >= 0.3 is 0 Å². The van der Waals surface area contributed by atoms with Crippen LogP contribution in [0.2, 0.25) is 0 Å². The highest BCUT2D eigenvalue weighted by Gasteiger charge is 2.14. The molecule has 0 radical (unpaired) electrons. The van der Waals surface area contributed by atoms with Crippen molar-refractivity contribution in [3.05, 3.63) is 58.0 Å². The van der Waals surface area contributed by atoms with Crippen molar-refractivity contribution in [1.29, 1.82) is 0 Å². The Balaban J connectivity index is 1.85. The van der Waals surface area contributed by atoms with Crippen molar-refractivity contribution in [3.63, 3.8) is 0 Å². The summed E-state index contributed by atoms with van der Waals surface area (Å²) in [6, 6.07) is 10.5. The van der Waals surface area contributed by atoms with Crippen LogP contribution in [0.25, 0.3) is 0 Å². The number of aliphatic hydroxyl groups excluding tert-OH is 1. The fourth-order valence-electron chi connectivity index (χ4n) is 1.99. The summed E-state index contributed by atoms with van der Waals surface area (Å²) in [5, 5.41) is 12.1. The van der Waals surface area contributed by atoms with Crippen molar-refractivity contribution in [3.8, 4) is 0 Å². The van der Waals surface area contributed by atoms with Gasteiger partial charge in [-0.3, -0.25) is 0 Å². The largest absolute Gasteiger partial charge is 0.387 e. The van der Waals surface area contributed by atoms with Crippen LogP contribution in [0.5, 0.6) is 0 Å². The van der Waals surface area contributed by atoms with Crippen molar-refractivity contribution in [2.75, 3.05) is 20.1 Å². The van der Waals surface area contributed by atoms with Crippen LogP contribution in [0.4, 0.5) is 4.39 Å². The van der Waals surface area contributed by atoms with E-state index in [4.69, 9.17) is 0 Å². The minimum atomic E-state index is -0.783. The van der Waals surface area contributed by atoms with Crippen LogP contribution in [-0.4, -0.2) is 30.1 Å². The van der Waals surface area contributed by atoms with E-state index >= 15 is 0 Å². The summed E-state index contributed by atoms with van der Waals surface area (Å²) in [7, 11) is 1.94. The maximum absolute atomic E-state index is 13.5. The molecule has 2 aromatic rings. The molecule has 0 aliphatic carbocycles. The molecular formula is C15H18FNOS. The number of aliphatic hydroxyl groups is 1. The molecule has 0 aliphatic heterocycles. The van der Waals surface area contributed by atoms with Crippen molar-refractivity contribution < 1.29 is 9.50 Å². The molecule has 2 nitrogen and oxygen atoms in total. The smallest absolute Gasteiger partial charge is 0.129 e. The molecule has 1 unspecified atom stereocenters. The van der Waals surface area contributed by atoms with Crippen molar-refractivity contribution >= 4 is 11.3 Å². The Bertz CT molecular complexity index is 501. The van der Waals surface area contributed by atoms with Crippen molar-refractivity contribution in [1.82, 2.24) is 4.90 Å². The number of nitrogens with zero attached hydrogens (tertiary/aromatic N) is 1. The molecule has 1 heterocycles. The molecule has 1 N–H and O–H groups in total. The molecule has 19 heavy (non-hydrogen) atoms. The number of rotatable bonds is 6. The first-order chi connectivity index (χ1) is 9.16. The molecule has 0 aliphatic rings. The average Bonchev–Trinajstić information content (AvgIpc) is 2.90. The Morgan fingerprint density at radius 1 is 1.26 bits per heavy atom. The molecule has 1 aromatic heterocycles. The van der Waals surface area contributed by atoms with Crippen LogP contribution >= 0.6 is 11.3 Å². The van der Waals surface area contributed by atoms with Gasteiger partial charge in [0.05, 0.1) is 6.10 Å². The second-order valence-electron chi connectivity index (χ2n) is 4.63. The molecule has 0 saturated heterocycles. The van der Waals surface area contributed by atoms with Gasteiger partial charge in [-0.05, 0) is 31.0 Å². The maximum atomic E-state index is 13.5. The minimum Gasteiger partial charge on any atom is -0.387 e. The SMILES string of the molecule is CN(CCc1cccs1)CC(O)c1ccccc1F. The van der Waals surface area contributed by atoms with E-state index in [-0.39, 0.29) is 5.82 Å². The number of benzene rings is 1. The highest BCUT2D eigenvalue weighted by Crippen LogP contribution is 2.17. The Labute approximate surface area is 117 Å². The van der Waals surface area contributed by atoms with Gasteiger partial charge in [0.15, 0.2) is 0 Å². The molecule has 0 spiro atoms. The van der Waals surface area contributed by atoms with E-state index in [2.05, 4.69) is 11.4 Å². The highest BCUT2D eigenvalue weighted by atomic mass is 32.1. The van der Waals surface area contributed by atoms with E-state index in [1.54, 1.807) is 29.5 Å². The highest BCUT2D eigenvalue weighted by molar-refractivity contribution is 7.09. The van der Waals surface area contributed by atoms with Gasteiger partial charge < -0.3 is 10.0 Å². The lowest BCUT2D eigenvalue weighted by molar-refractivity contribution is 0.124. The standard InChI is InChI=1S/C15H18FNOS/c1-17(9-8-12-5-4-10-19-12)11-15(18)13-6-2-3-7-14(13)16/h2-7,10,15,18H,8-9,11H2,1H3. The quantitative estimate of drug-likeness (QED) is 0.878. The van der Waals surface area contributed by atoms with E-state index in [1.807, 2.05) is 18.0 Å². The monoisotopic (exact) mass is 279 g/mol. The summed E-state index contributed by atoms with van der Waals surface area (Å²) >= 11 is 1.73. The topological polar surface area (TPSA) is 23.5 Å². The first-order valence-corrected chi connectivity index (χ1v) is 7.18. The van der Waals surface area contributed by atoms with Gasteiger partial charge in [0.2, 0.25) is 0 Å². The molecule has 1 atom stereocenters. The van der Waals surface area contributed by atoms with Crippen LogP contribution in [0.15, 0.2) is 41.8 Å². The average molecular weight is 279 g/mol. The maximum Gasteiger partial charge on any atom is 0.129 e. The van der Waals surface area contributed by atoms with Crippen LogP contribution in [0.3, 0.4) is 0 Å². The fourth-order valence-corrected chi connectivity index (χ4v) is 2.68. The number of hydrogen-bond acceptors (Lipinski definition) is 3. The van der Waals surface area contributed by atoms with Gasteiger partial charge in [-0.2, -0.15) is 0 Å². The normalized spacial score (nSPS) is 12.8. The minimum absolute atomic E-state index is 0.346. The Hall–Kier alpha value is -1.23. The molecule has 1 aromatic carbocycles. The summed E-state index contributed by atoms with van der Waals surface area (Å²) in [4.78, 5) is 3.35. The van der Waals surface area contributed by atoms with E-state index in [1.165, 1.54) is 10.9 Å². The Morgan fingerprint density at radius 2 is 2.05 bits per heavy atom. The molecule has 4 heteroatoms. The van der Waals surface area contributed by atoms with Gasteiger partial charge in [-0.25, -0.2) is 4.39 Å². The fraction of sp³-hybridized carbons (Fsp3) is 0.333. The van der Waals surface area contributed by atoms with Crippen LogP contribution in [0.1, 0.15) is 16.5 Å². The van der Waals surface area contributed by atoms with Gasteiger partial charge in [0.25, 0.3) is 0 Å². The van der Waals surface area contributed by atoms with Gasteiger partial charge in [-0.1, -0.05) is 24.3 Å². The lowest BCUT2D eigenvalue weighted by atomic mass is 10.1. The second-order valence-corrected chi connectivity index (χ2v) is 5.66. The van der Waals surface area contributed by atoms with Gasteiger partial charge in [-0.15, -0.1) is 11.3 Å². The number of likely N-dealkylation sites (N-methyl/N-ethyl adjacent to an activating group) is 1. The van der Waals surface area contributed by atoms with E-state index in [0.717, 1.165) is 13.0 Å². The summed E-state index contributed by atoms with van der Waals surface area (Å²) in [5.74, 6) is -0.346. The number of hydrogen-bond donors (Lipinski definition) is 1. The molecule has 2 rings (SSSR count). The van der Waals surface area contributed by atoms with E-state index < -0.39 is 6.10 Å². The third kappa shape index (κ3) is 4.13. The second kappa shape index (κ2) is 6.80. The molecule has 0 fully saturated rings. The summed E-state index contributed by atoms with van der Waals surface area (Å²) in [6.45, 7) is 1.29. The summed E-state index contributed by atoms with van der Waals surface area (Å²) < 4.78 is 13.5. The number of thiophene rings is 1. The van der Waals surface area contributed by atoms with Crippen LogP contribution < -0.4 is 0 Å². The lowest BCUT2D eigenvalue weighted by Crippen LogP contribution is -2.27. The van der Waals surface area contributed by atoms with E-state index in [9.17, 15) is 9.50 Å². The van der Waals surface area contributed by atoms with Crippen LogP contribution in [0, 0.1) is 5.82 Å². The number of halogens is 1. The van der Waals surface area contributed by atoms with Gasteiger partial charge in [0, 0.05) is 23.5 Å². The molecule has 102 valence electrons. The van der Waals surface area contributed by atoms with Crippen molar-refractivity contribution in [2.24, 2.45) is 0 Å². The summed E-state index contributed by atoms with van der Waals surface area (Å²) in [5.41, 5.74) is 0.366. The Kier molecular flexibility index (Phi) is 5.07. The molecule has 0 saturated carbocycles. The predicted octanol–water partition coefficient (Wildman–Crippen LogP) is 3.10. The zero-order chi connectivity index (χ0) is 13.7. The zero-order valence-electron chi connectivity index (χ0n) is 10.9. The third-order valence-corrected chi connectivity index (χ3v) is 4.01. The lowest BCUT2D eigenvalue weighted by Gasteiger charge is -2.20. The first kappa shape index (κ1) is 14.2. The molecule has 0 amide bonds. The van der Waals surface area contributed by atoms with E-state index in [0.29, 0.717) is 12.1 Å². The first-order valence-electron chi connectivity index (χ1n) is 6.30. The van der Waals surface area contributed by atoms with Crippen LogP contribution in [-0.2, 0) is 6.42 Å². The third-order valence-electron chi connectivity index (χ3n) is 3.07. The summed E-state index contributed by atoms with van der Waals surface area (Å²) in [6.07, 6.45) is 0.174. The zero-order valence-corrected chi connectivity index (χ0v) is 11.7. The van der Waals surface area contributed by atoms with Crippen molar-refractivity contribution in [2.45, 2.75) is 12.5 Å². The molecular weight excluding hydrogens is 261 g/mol. The molecule has 0 bridgehead atoms. The van der Waals surface area contributed by atoms with Gasteiger partial charge in [0.1, 0.15) is 5.82 Å².